The molecule has 31 heavy (non-hydrogen) atoms. The minimum Gasteiger partial charge on any atom is -0.497 e. The van der Waals surface area contributed by atoms with Crippen LogP contribution in [-0.2, 0) is 6.54 Å². The van der Waals surface area contributed by atoms with Gasteiger partial charge in [0, 0.05) is 29.9 Å². The van der Waals surface area contributed by atoms with E-state index in [-0.39, 0.29) is 5.91 Å². The zero-order chi connectivity index (χ0) is 21.8. The summed E-state index contributed by atoms with van der Waals surface area (Å²) in [5.41, 5.74) is 2.53. The van der Waals surface area contributed by atoms with E-state index < -0.39 is 0 Å². The molecular formula is C23H25N3O5. The number of amides is 1. The van der Waals surface area contributed by atoms with Crippen molar-refractivity contribution in [1.29, 1.82) is 0 Å². The van der Waals surface area contributed by atoms with Crippen molar-refractivity contribution in [2.24, 2.45) is 0 Å². The molecule has 0 bridgehead atoms. The van der Waals surface area contributed by atoms with Crippen LogP contribution < -0.4 is 24.3 Å². The molecule has 1 N–H and O–H groups in total. The Morgan fingerprint density at radius 1 is 1.06 bits per heavy atom. The molecule has 8 nitrogen and oxygen atoms in total. The van der Waals surface area contributed by atoms with Crippen molar-refractivity contribution in [1.82, 2.24) is 9.78 Å². The van der Waals surface area contributed by atoms with Crippen LogP contribution in [-0.4, -0.2) is 43.1 Å². The second-order valence-electron chi connectivity index (χ2n) is 7.02. The number of aryl methyl sites for hydroxylation is 1. The summed E-state index contributed by atoms with van der Waals surface area (Å²) in [6, 6.07) is 12.6. The number of aromatic nitrogens is 2. The predicted octanol–water partition coefficient (Wildman–Crippen LogP) is 4.00. The zero-order valence-corrected chi connectivity index (χ0v) is 17.8. The zero-order valence-electron chi connectivity index (χ0n) is 17.8. The Labute approximate surface area is 180 Å². The highest BCUT2D eigenvalue weighted by molar-refractivity contribution is 6.04. The Hall–Kier alpha value is -3.68. The lowest BCUT2D eigenvalue weighted by Crippen LogP contribution is -2.19. The predicted molar refractivity (Wildman–Crippen MR) is 116 cm³/mol. The van der Waals surface area contributed by atoms with Gasteiger partial charge in [0.1, 0.15) is 30.4 Å². The van der Waals surface area contributed by atoms with Crippen molar-refractivity contribution >= 4 is 11.6 Å². The number of rotatable bonds is 7. The van der Waals surface area contributed by atoms with Crippen molar-refractivity contribution in [3.63, 3.8) is 0 Å². The molecule has 1 aliphatic rings. The third-order valence-corrected chi connectivity index (χ3v) is 4.93. The van der Waals surface area contributed by atoms with Gasteiger partial charge in [0.05, 0.1) is 19.9 Å². The lowest BCUT2D eigenvalue weighted by atomic mass is 10.1. The molecule has 8 heteroatoms. The fourth-order valence-electron chi connectivity index (χ4n) is 3.44. The normalized spacial score (nSPS) is 12.4. The molecule has 3 aromatic rings. The highest BCUT2D eigenvalue weighted by Crippen LogP contribution is 2.34. The van der Waals surface area contributed by atoms with E-state index in [0.717, 1.165) is 12.0 Å². The number of nitrogens with zero attached hydrogens (tertiary/aromatic N) is 2. The minimum absolute atomic E-state index is 0.253. The second-order valence-corrected chi connectivity index (χ2v) is 7.02. The number of nitrogens with one attached hydrogen (secondary N) is 1. The lowest BCUT2D eigenvalue weighted by Gasteiger charge is -2.19. The maximum atomic E-state index is 13.1. The maximum absolute atomic E-state index is 13.1. The average molecular weight is 423 g/mol. The standard InChI is InChI=1S/C23H25N3O5/c1-4-9-26-19(14-18(25-26)17-7-6-16(28-2)13-21(17)29-3)23(27)24-15-5-8-20-22(12-15)31-11-10-30-20/h5-8,12-14H,4,9-11H2,1-3H3,(H,24,27). The quantitative estimate of drug-likeness (QED) is 0.618. The van der Waals surface area contributed by atoms with Crippen LogP contribution in [0.15, 0.2) is 42.5 Å². The van der Waals surface area contributed by atoms with Gasteiger partial charge in [0.25, 0.3) is 5.91 Å². The maximum Gasteiger partial charge on any atom is 0.273 e. The van der Waals surface area contributed by atoms with Crippen LogP contribution in [0.3, 0.4) is 0 Å². The van der Waals surface area contributed by atoms with E-state index in [4.69, 9.17) is 18.9 Å². The Morgan fingerprint density at radius 2 is 1.87 bits per heavy atom. The molecule has 0 spiro atoms. The summed E-state index contributed by atoms with van der Waals surface area (Å²) in [6.45, 7) is 3.66. The van der Waals surface area contributed by atoms with Gasteiger partial charge in [0.2, 0.25) is 0 Å². The molecule has 162 valence electrons. The Bertz CT molecular complexity index is 1090. The topological polar surface area (TPSA) is 83.8 Å². The largest absolute Gasteiger partial charge is 0.497 e. The Morgan fingerprint density at radius 3 is 2.61 bits per heavy atom. The van der Waals surface area contributed by atoms with E-state index in [9.17, 15) is 4.79 Å². The third kappa shape index (κ3) is 4.28. The van der Waals surface area contributed by atoms with E-state index in [1.165, 1.54) is 0 Å². The number of hydrogen-bond donors (Lipinski definition) is 1. The Balaban J connectivity index is 1.64. The molecular weight excluding hydrogens is 398 g/mol. The Kier molecular flexibility index (Phi) is 5.97. The van der Waals surface area contributed by atoms with E-state index in [0.29, 0.717) is 59.8 Å². The summed E-state index contributed by atoms with van der Waals surface area (Å²) in [5, 5.41) is 7.59. The lowest BCUT2D eigenvalue weighted by molar-refractivity contribution is 0.101. The number of anilines is 1. The van der Waals surface area contributed by atoms with E-state index in [2.05, 4.69) is 10.4 Å². The summed E-state index contributed by atoms with van der Waals surface area (Å²) in [5.74, 6) is 2.35. The van der Waals surface area contributed by atoms with Crippen LogP contribution in [0.2, 0.25) is 0 Å². The molecule has 0 radical (unpaired) electrons. The first-order chi connectivity index (χ1) is 15.1. The minimum atomic E-state index is -0.253. The highest BCUT2D eigenvalue weighted by Gasteiger charge is 2.20. The number of carbonyl (C=O) groups is 1. The van der Waals surface area contributed by atoms with Gasteiger partial charge in [0.15, 0.2) is 11.5 Å². The number of fused-ring (bicyclic) bond motifs is 1. The molecule has 2 heterocycles. The monoisotopic (exact) mass is 423 g/mol. The van der Waals surface area contributed by atoms with E-state index in [1.807, 2.05) is 19.1 Å². The van der Waals surface area contributed by atoms with Gasteiger partial charge in [-0.25, -0.2) is 0 Å². The molecule has 1 aliphatic heterocycles. The van der Waals surface area contributed by atoms with Crippen molar-refractivity contribution in [3.8, 4) is 34.3 Å². The van der Waals surface area contributed by atoms with Crippen LogP contribution in [0.25, 0.3) is 11.3 Å². The third-order valence-electron chi connectivity index (χ3n) is 4.93. The van der Waals surface area contributed by atoms with Crippen molar-refractivity contribution in [2.45, 2.75) is 19.9 Å². The summed E-state index contributed by atoms with van der Waals surface area (Å²) in [4.78, 5) is 13.1. The van der Waals surface area contributed by atoms with Crippen LogP contribution in [0.4, 0.5) is 5.69 Å². The number of carbonyl (C=O) groups excluding carboxylic acids is 1. The number of methoxy groups -OCH3 is 2. The fraction of sp³-hybridized carbons (Fsp3) is 0.304. The van der Waals surface area contributed by atoms with Gasteiger partial charge in [-0.15, -0.1) is 0 Å². The molecule has 1 aromatic heterocycles. The molecule has 0 saturated carbocycles. The van der Waals surface area contributed by atoms with Crippen LogP contribution in [0, 0.1) is 0 Å². The molecule has 0 saturated heterocycles. The van der Waals surface area contributed by atoms with Crippen LogP contribution in [0.1, 0.15) is 23.8 Å². The SMILES string of the molecule is CCCn1nc(-c2ccc(OC)cc2OC)cc1C(=O)Nc1ccc2c(c1)OCCO2. The summed E-state index contributed by atoms with van der Waals surface area (Å²) in [6.07, 6.45) is 0.838. The molecule has 1 amide bonds. The van der Waals surface area contributed by atoms with Gasteiger partial charge >= 0.3 is 0 Å². The highest BCUT2D eigenvalue weighted by atomic mass is 16.6. The van der Waals surface area contributed by atoms with Gasteiger partial charge < -0.3 is 24.3 Å². The second kappa shape index (κ2) is 8.99. The molecule has 0 fully saturated rings. The summed E-state index contributed by atoms with van der Waals surface area (Å²) in [7, 11) is 3.20. The first kappa shape index (κ1) is 20.6. The number of hydrogen-bond acceptors (Lipinski definition) is 6. The van der Waals surface area contributed by atoms with Crippen molar-refractivity contribution < 1.29 is 23.7 Å². The van der Waals surface area contributed by atoms with Crippen molar-refractivity contribution in [3.05, 3.63) is 48.2 Å². The van der Waals surface area contributed by atoms with Crippen LogP contribution in [0.5, 0.6) is 23.0 Å². The van der Waals surface area contributed by atoms with E-state index in [1.54, 1.807) is 49.2 Å². The molecule has 4 rings (SSSR count). The smallest absolute Gasteiger partial charge is 0.273 e. The van der Waals surface area contributed by atoms with Gasteiger partial charge in [-0.2, -0.15) is 5.10 Å². The first-order valence-electron chi connectivity index (χ1n) is 10.1. The molecule has 0 unspecified atom stereocenters. The molecule has 0 atom stereocenters. The first-order valence-corrected chi connectivity index (χ1v) is 10.1. The van der Waals surface area contributed by atoms with Gasteiger partial charge in [-0.1, -0.05) is 6.92 Å². The molecule has 0 aliphatic carbocycles. The summed E-state index contributed by atoms with van der Waals surface area (Å²) < 4.78 is 23.6. The fourth-order valence-corrected chi connectivity index (χ4v) is 3.44. The van der Waals surface area contributed by atoms with Crippen molar-refractivity contribution in [2.75, 3.05) is 32.8 Å². The van der Waals surface area contributed by atoms with E-state index >= 15 is 0 Å². The average Bonchev–Trinajstić information content (AvgIpc) is 3.22. The number of benzene rings is 2. The number of ether oxygens (including phenoxy) is 4. The van der Waals surface area contributed by atoms with Gasteiger partial charge in [-0.05, 0) is 36.8 Å². The molecule has 2 aromatic carbocycles. The van der Waals surface area contributed by atoms with Gasteiger partial charge in [-0.3, -0.25) is 9.48 Å². The summed E-state index contributed by atoms with van der Waals surface area (Å²) >= 11 is 0. The van der Waals surface area contributed by atoms with Crippen LogP contribution >= 0.6 is 0 Å².